The predicted octanol–water partition coefficient (Wildman–Crippen LogP) is 9.74. The van der Waals surface area contributed by atoms with E-state index in [1.807, 2.05) is 0 Å². The normalized spacial score (nSPS) is 23.1. The molecule has 0 bridgehead atoms. The molecule has 9 heteroatoms. The molecule has 0 amide bonds. The van der Waals surface area contributed by atoms with Crippen LogP contribution in [0.4, 0.5) is 0 Å². The number of nitrogens with zero attached hydrogens (tertiary/aromatic N) is 6. The number of likely N-dealkylation sites (N-methyl/N-ethyl adjacent to an activating group) is 2. The van der Waals surface area contributed by atoms with Gasteiger partial charge < -0.3 is 19.6 Å². The minimum atomic E-state index is -3.02. The van der Waals surface area contributed by atoms with Gasteiger partial charge in [0.05, 0.1) is 24.2 Å². The van der Waals surface area contributed by atoms with Gasteiger partial charge in [0.2, 0.25) is 11.9 Å². The third-order valence-electron chi connectivity index (χ3n) is 13.1. The van der Waals surface area contributed by atoms with Crippen molar-refractivity contribution in [3.05, 3.63) is 138 Å². The van der Waals surface area contributed by atoms with E-state index in [4.69, 9.17) is 9.53 Å². The Morgan fingerprint density at radius 1 is 0.421 bits per heavy atom. The maximum atomic E-state index is 6.03. The Morgan fingerprint density at radius 2 is 0.684 bits per heavy atom. The van der Waals surface area contributed by atoms with Gasteiger partial charge >= 0.3 is 7.87 Å². The fraction of sp³-hybridized carbons (Fsp3) is 0.458. The topological polar surface area (TPSA) is 61.7 Å². The number of hydrogen-bond donors (Lipinski definition) is 2. The molecule has 57 heavy (non-hydrogen) atoms. The van der Waals surface area contributed by atoms with Crippen LogP contribution in [0.2, 0.25) is 0 Å². The Labute approximate surface area is 343 Å². The lowest BCUT2D eigenvalue weighted by atomic mass is 9.83. The van der Waals surface area contributed by atoms with E-state index >= 15 is 0 Å². The molecule has 4 aromatic carbocycles. The van der Waals surface area contributed by atoms with Crippen LogP contribution >= 0.6 is 7.87 Å². The second kappa shape index (κ2) is 14.5. The summed E-state index contributed by atoms with van der Waals surface area (Å²) in [4.78, 5) is 9.97. The van der Waals surface area contributed by atoms with Crippen LogP contribution in [0, 0.1) is 83.1 Å². The van der Waals surface area contributed by atoms with Crippen molar-refractivity contribution in [3.8, 4) is 0 Å². The van der Waals surface area contributed by atoms with Crippen molar-refractivity contribution in [1.82, 2.24) is 29.8 Å². The average Bonchev–Trinajstić information content (AvgIpc) is 3.53. The average molecular weight is 784 g/mol. The van der Waals surface area contributed by atoms with Crippen molar-refractivity contribution in [3.63, 3.8) is 0 Å². The first-order valence-corrected chi connectivity index (χ1v) is 22.6. The molecule has 0 unspecified atom stereocenters. The third-order valence-corrected chi connectivity index (χ3v) is 15.3. The molecule has 0 aromatic heterocycles. The largest absolute Gasteiger partial charge is 0.404 e. The van der Waals surface area contributed by atoms with Crippen LogP contribution in [0.15, 0.2) is 58.1 Å². The van der Waals surface area contributed by atoms with Crippen LogP contribution < -0.4 is 10.2 Å². The summed E-state index contributed by atoms with van der Waals surface area (Å²) in [6, 6.07) is 18.7. The highest BCUT2D eigenvalue weighted by atomic mass is 31.2. The molecule has 4 aliphatic rings. The van der Waals surface area contributed by atoms with Gasteiger partial charge in [0.25, 0.3) is 0 Å². The van der Waals surface area contributed by atoms with Crippen LogP contribution in [0.5, 0.6) is 0 Å². The quantitative estimate of drug-likeness (QED) is 0.201. The first-order chi connectivity index (χ1) is 27.0. The highest BCUT2D eigenvalue weighted by Gasteiger charge is 2.59. The molecular weight excluding hydrogens is 720 g/mol. The molecule has 4 aliphatic heterocycles. The number of nitrogens with one attached hydrogen (secondary N) is 2. The first kappa shape index (κ1) is 39.6. The zero-order valence-electron chi connectivity index (χ0n) is 36.9. The molecule has 8 nitrogen and oxygen atoms in total. The molecule has 300 valence electrons. The molecule has 2 N–H and O–H groups in total. The Morgan fingerprint density at radius 3 is 0.965 bits per heavy atom. The van der Waals surface area contributed by atoms with Gasteiger partial charge in [0.15, 0.2) is 0 Å². The second-order valence-corrected chi connectivity index (χ2v) is 20.1. The summed E-state index contributed by atoms with van der Waals surface area (Å²) in [7, 11) is 1.42. The maximum Gasteiger partial charge on any atom is 0.404 e. The lowest BCUT2D eigenvalue weighted by molar-refractivity contribution is 0.283. The van der Waals surface area contributed by atoms with E-state index in [1.54, 1.807) is 0 Å². The molecule has 4 atom stereocenters. The first-order valence-electron chi connectivity index (χ1n) is 20.9. The molecule has 8 rings (SSSR count). The number of benzene rings is 4. The van der Waals surface area contributed by atoms with Crippen molar-refractivity contribution in [2.24, 2.45) is 9.53 Å². The SMILES string of the molecule is Cc1cc(C)c([C@@H]2N[P+]3(N=C4N(C)CCN4[C@H]2c2c(C)cc(C)cc2C)N=C2N(C)CCN2[C@@H](c2c(C)cc(C)cc2C)[C@H](c2c(C)cc(C)cc2C)N3)c(C)c1. The van der Waals surface area contributed by atoms with Crippen molar-refractivity contribution in [2.75, 3.05) is 40.3 Å². The van der Waals surface area contributed by atoms with Crippen LogP contribution in [0.25, 0.3) is 0 Å². The summed E-state index contributed by atoms with van der Waals surface area (Å²) in [5.74, 6) is 2.04. The summed E-state index contributed by atoms with van der Waals surface area (Å²) in [5, 5.41) is 8.90. The molecule has 4 heterocycles. The van der Waals surface area contributed by atoms with Gasteiger partial charge in [-0.05, 0) is 159 Å². The highest BCUT2D eigenvalue weighted by Crippen LogP contribution is 2.65. The van der Waals surface area contributed by atoms with Crippen molar-refractivity contribution < 1.29 is 0 Å². The zero-order valence-corrected chi connectivity index (χ0v) is 37.8. The van der Waals surface area contributed by atoms with Gasteiger partial charge in [-0.25, -0.2) is 0 Å². The third kappa shape index (κ3) is 6.76. The summed E-state index contributed by atoms with van der Waals surface area (Å²) in [6.45, 7) is 30.9. The molecule has 1 spiro atoms. The maximum absolute atomic E-state index is 6.03. The van der Waals surface area contributed by atoms with E-state index in [9.17, 15) is 0 Å². The Bertz CT molecular complexity index is 2090. The fourth-order valence-electron chi connectivity index (χ4n) is 11.2. The van der Waals surface area contributed by atoms with Crippen molar-refractivity contribution in [2.45, 2.75) is 107 Å². The summed E-state index contributed by atoms with van der Waals surface area (Å²) in [6.07, 6.45) is 0. The monoisotopic (exact) mass is 783 g/mol. The number of fused-ring (bicyclic) bond motifs is 2. The summed E-state index contributed by atoms with van der Waals surface area (Å²) < 4.78 is 12.1. The Balaban J connectivity index is 1.45. The number of rotatable bonds is 4. The lowest BCUT2D eigenvalue weighted by Gasteiger charge is -2.38. The minimum absolute atomic E-state index is 0.00451. The van der Waals surface area contributed by atoms with E-state index < -0.39 is 7.87 Å². The molecular formula is C48H64N8P+. The van der Waals surface area contributed by atoms with Gasteiger partial charge in [0, 0.05) is 40.3 Å². The van der Waals surface area contributed by atoms with E-state index in [1.165, 1.54) is 89.0 Å². The Kier molecular flexibility index (Phi) is 10.1. The molecule has 2 saturated heterocycles. The fourth-order valence-corrected chi connectivity index (χ4v) is 14.0. The van der Waals surface area contributed by atoms with Crippen LogP contribution in [-0.2, 0) is 0 Å². The van der Waals surface area contributed by atoms with E-state index in [0.29, 0.717) is 0 Å². The molecule has 4 aromatic rings. The van der Waals surface area contributed by atoms with Gasteiger partial charge in [-0.3, -0.25) is 0 Å². The molecule has 0 aliphatic carbocycles. The van der Waals surface area contributed by atoms with Gasteiger partial charge in [-0.2, -0.15) is 0 Å². The standard InChI is InChI=1S/C48H64N8P/c1-27-19-31(5)39(32(6)20-27)43-45(41-35(9)23-29(3)24-36(41)10)55-17-15-53(13)47(55)51-57(49-43)50-44(40-33(7)21-28(2)22-34(40)8)46(56-18-16-54(14)48(56)52-57)42-37(11)25-30(4)26-38(42)12/h19-26,43-46,49-50H,15-18H2,1-14H3/q+1/t43-,44-,45-,46-,57?/m0/s1. The number of aryl methyl sites for hydroxylation is 12. The summed E-state index contributed by atoms with van der Waals surface area (Å²) >= 11 is 0. The molecule has 2 fully saturated rings. The number of guanidine groups is 2. The predicted molar refractivity (Wildman–Crippen MR) is 240 cm³/mol. The highest BCUT2D eigenvalue weighted by molar-refractivity contribution is 7.69. The van der Waals surface area contributed by atoms with E-state index in [0.717, 1.165) is 38.1 Å². The van der Waals surface area contributed by atoms with Crippen LogP contribution in [0.1, 0.15) is 113 Å². The van der Waals surface area contributed by atoms with Crippen LogP contribution in [0.3, 0.4) is 0 Å². The van der Waals surface area contributed by atoms with Gasteiger partial charge in [0.1, 0.15) is 0 Å². The second-order valence-electron chi connectivity index (χ2n) is 18.0. The zero-order chi connectivity index (χ0) is 40.8. The molecule has 0 saturated carbocycles. The van der Waals surface area contributed by atoms with Crippen molar-refractivity contribution in [1.29, 1.82) is 0 Å². The van der Waals surface area contributed by atoms with Crippen molar-refractivity contribution >= 4 is 19.8 Å². The Hall–Kier alpha value is -4.23. The lowest BCUT2D eigenvalue weighted by Crippen LogP contribution is -2.41. The van der Waals surface area contributed by atoms with E-state index in [2.05, 4.69) is 175 Å². The number of hydrogen-bond acceptors (Lipinski definition) is 8. The smallest absolute Gasteiger partial charge is 0.341 e. The molecule has 0 radical (unpaired) electrons. The summed E-state index contributed by atoms with van der Waals surface area (Å²) in [5.41, 5.74) is 21.2. The van der Waals surface area contributed by atoms with Crippen LogP contribution in [-0.4, -0.2) is 71.8 Å². The minimum Gasteiger partial charge on any atom is -0.341 e. The van der Waals surface area contributed by atoms with Gasteiger partial charge in [-0.1, -0.05) is 70.8 Å². The van der Waals surface area contributed by atoms with Gasteiger partial charge in [-0.15, -0.1) is 10.2 Å². The van der Waals surface area contributed by atoms with E-state index in [-0.39, 0.29) is 24.2 Å².